The number of alkyl halides is 1. The Morgan fingerprint density at radius 1 is 1.35 bits per heavy atom. The van der Waals surface area contributed by atoms with Crippen LogP contribution in [-0.4, -0.2) is 20.3 Å². The van der Waals surface area contributed by atoms with E-state index in [1.54, 1.807) is 19.1 Å². The third-order valence-electron chi connectivity index (χ3n) is 2.54. The van der Waals surface area contributed by atoms with Crippen molar-refractivity contribution in [2.45, 2.75) is 24.8 Å². The normalized spacial score (nSPS) is 15.5. The van der Waals surface area contributed by atoms with Gasteiger partial charge in [0, 0.05) is 16.9 Å². The lowest BCUT2D eigenvalue weighted by Gasteiger charge is -2.19. The van der Waals surface area contributed by atoms with E-state index in [0.29, 0.717) is 10.9 Å². The first-order valence-electron chi connectivity index (χ1n) is 5.20. The molecule has 2 unspecified atom stereocenters. The molecule has 1 rings (SSSR count). The molecule has 3 nitrogen and oxygen atoms in total. The first-order chi connectivity index (χ1) is 7.86. The fourth-order valence-electron chi connectivity index (χ4n) is 1.20. The number of rotatable bonds is 5. The maximum absolute atomic E-state index is 12.0. The maximum Gasteiger partial charge on any atom is 0.240 e. The largest absolute Gasteiger partial charge is 0.240 e. The van der Waals surface area contributed by atoms with Crippen LogP contribution in [0.4, 0.5) is 0 Å². The van der Waals surface area contributed by atoms with E-state index in [9.17, 15) is 8.42 Å². The first kappa shape index (κ1) is 14.8. The molecule has 0 saturated heterocycles. The minimum atomic E-state index is -3.53. The van der Waals surface area contributed by atoms with Gasteiger partial charge in [0.25, 0.3) is 0 Å². The molecule has 0 radical (unpaired) electrons. The van der Waals surface area contributed by atoms with E-state index in [-0.39, 0.29) is 16.9 Å². The molecule has 0 aliphatic carbocycles. The quantitative estimate of drug-likeness (QED) is 0.849. The molecule has 96 valence electrons. The number of halogens is 2. The number of sulfonamides is 1. The molecule has 0 aliphatic heterocycles. The summed E-state index contributed by atoms with van der Waals surface area (Å²) in [6.45, 7) is 3.67. The summed E-state index contributed by atoms with van der Waals surface area (Å²) in [7, 11) is -3.53. The van der Waals surface area contributed by atoms with Crippen LogP contribution in [0, 0.1) is 5.92 Å². The lowest BCUT2D eigenvalue weighted by molar-refractivity contribution is 0.480. The van der Waals surface area contributed by atoms with E-state index in [1.165, 1.54) is 12.1 Å². The van der Waals surface area contributed by atoms with Gasteiger partial charge in [-0.25, -0.2) is 13.1 Å². The molecule has 0 amide bonds. The third kappa shape index (κ3) is 4.14. The molecule has 1 aromatic carbocycles. The van der Waals surface area contributed by atoms with E-state index >= 15 is 0 Å². The monoisotopic (exact) mass is 295 g/mol. The minimum Gasteiger partial charge on any atom is -0.208 e. The van der Waals surface area contributed by atoms with Crippen molar-refractivity contribution in [1.29, 1.82) is 0 Å². The fraction of sp³-hybridized carbons (Fsp3) is 0.455. The van der Waals surface area contributed by atoms with Gasteiger partial charge in [-0.3, -0.25) is 0 Å². The van der Waals surface area contributed by atoms with Crippen LogP contribution in [0.1, 0.15) is 13.8 Å². The molecule has 0 heterocycles. The van der Waals surface area contributed by atoms with Crippen LogP contribution in [0.3, 0.4) is 0 Å². The molecule has 17 heavy (non-hydrogen) atoms. The van der Waals surface area contributed by atoms with Gasteiger partial charge in [0.2, 0.25) is 10.0 Å². The van der Waals surface area contributed by atoms with Crippen molar-refractivity contribution in [3.63, 3.8) is 0 Å². The van der Waals surface area contributed by atoms with E-state index < -0.39 is 10.0 Å². The highest BCUT2D eigenvalue weighted by atomic mass is 35.5. The predicted molar refractivity (Wildman–Crippen MR) is 71.1 cm³/mol. The Bertz CT molecular complexity index is 476. The second kappa shape index (κ2) is 6.05. The molecule has 0 saturated carbocycles. The van der Waals surface area contributed by atoms with Crippen LogP contribution in [0.5, 0.6) is 0 Å². The van der Waals surface area contributed by atoms with Crippen molar-refractivity contribution in [3.05, 3.63) is 29.3 Å². The Labute approximate surface area is 112 Å². The van der Waals surface area contributed by atoms with Gasteiger partial charge in [-0.15, -0.1) is 11.6 Å². The molecule has 2 atom stereocenters. The maximum atomic E-state index is 12.0. The van der Waals surface area contributed by atoms with Gasteiger partial charge in [-0.1, -0.05) is 24.6 Å². The molecular formula is C11H15Cl2NO2S. The highest BCUT2D eigenvalue weighted by Gasteiger charge is 2.20. The predicted octanol–water partition coefficient (Wildman–Crippen LogP) is 2.88. The van der Waals surface area contributed by atoms with Crippen LogP contribution in [0.25, 0.3) is 0 Å². The number of benzene rings is 1. The Balaban J connectivity index is 2.89. The Morgan fingerprint density at radius 3 is 2.53 bits per heavy atom. The lowest BCUT2D eigenvalue weighted by Crippen LogP contribution is -2.37. The fourth-order valence-corrected chi connectivity index (χ4v) is 3.12. The average Bonchev–Trinajstić information content (AvgIpc) is 2.27. The van der Waals surface area contributed by atoms with Crippen LogP contribution >= 0.6 is 23.2 Å². The molecule has 0 bridgehead atoms. The lowest BCUT2D eigenvalue weighted by atomic mass is 10.1. The molecule has 0 aromatic heterocycles. The van der Waals surface area contributed by atoms with Crippen LogP contribution in [-0.2, 0) is 10.0 Å². The summed E-state index contributed by atoms with van der Waals surface area (Å²) in [5.41, 5.74) is 0. The van der Waals surface area contributed by atoms with Crippen LogP contribution in [0.15, 0.2) is 29.2 Å². The summed E-state index contributed by atoms with van der Waals surface area (Å²) < 4.78 is 26.6. The van der Waals surface area contributed by atoms with Crippen molar-refractivity contribution >= 4 is 33.2 Å². The topological polar surface area (TPSA) is 46.2 Å². The summed E-state index contributed by atoms with van der Waals surface area (Å²) in [4.78, 5) is 0.165. The second-order valence-corrected chi connectivity index (χ2v) is 6.46. The Hall–Kier alpha value is -0.290. The van der Waals surface area contributed by atoms with E-state index in [1.807, 2.05) is 6.92 Å². The van der Waals surface area contributed by atoms with Gasteiger partial charge in [0.05, 0.1) is 4.90 Å². The molecule has 0 spiro atoms. The van der Waals surface area contributed by atoms with Crippen molar-refractivity contribution in [2.24, 2.45) is 5.92 Å². The third-order valence-corrected chi connectivity index (χ3v) is 4.82. The highest BCUT2D eigenvalue weighted by Crippen LogP contribution is 2.16. The number of hydrogen-bond acceptors (Lipinski definition) is 2. The van der Waals surface area contributed by atoms with Gasteiger partial charge in [0.15, 0.2) is 0 Å². The van der Waals surface area contributed by atoms with E-state index in [0.717, 1.165) is 0 Å². The van der Waals surface area contributed by atoms with Gasteiger partial charge in [-0.2, -0.15) is 0 Å². The summed E-state index contributed by atoms with van der Waals surface area (Å²) in [5, 5.41) is 0.394. The van der Waals surface area contributed by atoms with Gasteiger partial charge >= 0.3 is 0 Å². The van der Waals surface area contributed by atoms with E-state index in [4.69, 9.17) is 23.2 Å². The van der Waals surface area contributed by atoms with E-state index in [2.05, 4.69) is 4.72 Å². The molecule has 0 fully saturated rings. The zero-order valence-electron chi connectivity index (χ0n) is 9.65. The van der Waals surface area contributed by atoms with Gasteiger partial charge in [-0.05, 0) is 31.0 Å². The zero-order chi connectivity index (χ0) is 13.1. The average molecular weight is 296 g/mol. The summed E-state index contributed by atoms with van der Waals surface area (Å²) in [6.07, 6.45) is 0. The van der Waals surface area contributed by atoms with Crippen molar-refractivity contribution < 1.29 is 8.42 Å². The van der Waals surface area contributed by atoms with Crippen molar-refractivity contribution in [3.8, 4) is 0 Å². The molecule has 1 N–H and O–H groups in total. The Morgan fingerprint density at radius 2 is 2.00 bits per heavy atom. The highest BCUT2D eigenvalue weighted by molar-refractivity contribution is 7.89. The standard InChI is InChI=1S/C11H15Cl2NO2S/c1-8(7-12)9(2)14-17(15,16)11-5-3-4-10(13)6-11/h3-6,8-9,14H,7H2,1-2H3. The first-order valence-corrected chi connectivity index (χ1v) is 7.60. The molecule has 0 aliphatic rings. The SMILES string of the molecule is CC(CCl)C(C)NS(=O)(=O)c1cccc(Cl)c1. The van der Waals surface area contributed by atoms with Crippen molar-refractivity contribution in [1.82, 2.24) is 4.72 Å². The number of hydrogen-bond donors (Lipinski definition) is 1. The van der Waals surface area contributed by atoms with Crippen LogP contribution < -0.4 is 4.72 Å². The second-order valence-electron chi connectivity index (χ2n) is 4.00. The molecule has 6 heteroatoms. The van der Waals surface area contributed by atoms with Crippen molar-refractivity contribution in [2.75, 3.05) is 5.88 Å². The van der Waals surface area contributed by atoms with Gasteiger partial charge < -0.3 is 0 Å². The van der Waals surface area contributed by atoms with Crippen LogP contribution in [0.2, 0.25) is 5.02 Å². The summed E-state index contributed by atoms with van der Waals surface area (Å²) >= 11 is 11.5. The zero-order valence-corrected chi connectivity index (χ0v) is 12.0. The number of nitrogens with one attached hydrogen (secondary N) is 1. The molecule has 1 aromatic rings. The minimum absolute atomic E-state index is 0.0608. The molecular weight excluding hydrogens is 281 g/mol. The smallest absolute Gasteiger partial charge is 0.208 e. The Kier molecular flexibility index (Phi) is 5.25. The van der Waals surface area contributed by atoms with Gasteiger partial charge in [0.1, 0.15) is 0 Å². The summed E-state index contributed by atoms with van der Waals surface area (Å²) in [5.74, 6) is 0.463. The summed E-state index contributed by atoms with van der Waals surface area (Å²) in [6, 6.07) is 5.93.